The SMILES string of the molecule is CCN(Cc1cccc2c1OCCO2)C(=O)C1(c2cccc(Cl)c2)CC1. The standard InChI is InChI=1S/C21H22ClNO3/c1-2-23(14-15-5-3-8-18-19(15)26-12-11-25-18)20(24)21(9-10-21)16-6-4-7-17(22)13-16/h3-8,13H,2,9-12,14H2,1H3. The van der Waals surface area contributed by atoms with Crippen LogP contribution in [0.4, 0.5) is 0 Å². The lowest BCUT2D eigenvalue weighted by atomic mass is 9.94. The normalized spacial score (nSPS) is 16.8. The lowest BCUT2D eigenvalue weighted by Gasteiger charge is -2.28. The molecule has 136 valence electrons. The van der Waals surface area contributed by atoms with Gasteiger partial charge in [0, 0.05) is 23.7 Å². The fourth-order valence-electron chi connectivity index (χ4n) is 3.63. The summed E-state index contributed by atoms with van der Waals surface area (Å²) in [6.07, 6.45) is 1.74. The Labute approximate surface area is 158 Å². The third kappa shape index (κ3) is 3.03. The van der Waals surface area contributed by atoms with E-state index in [0.717, 1.165) is 35.5 Å². The molecule has 2 aliphatic rings. The van der Waals surface area contributed by atoms with Crippen LogP contribution in [0.2, 0.25) is 5.02 Å². The van der Waals surface area contributed by atoms with E-state index in [-0.39, 0.29) is 5.91 Å². The first-order valence-electron chi connectivity index (χ1n) is 9.07. The van der Waals surface area contributed by atoms with Gasteiger partial charge in [0.15, 0.2) is 11.5 Å². The first kappa shape index (κ1) is 17.2. The number of hydrogen-bond donors (Lipinski definition) is 0. The summed E-state index contributed by atoms with van der Waals surface area (Å²) in [5, 5.41) is 0.673. The van der Waals surface area contributed by atoms with Gasteiger partial charge in [-0.25, -0.2) is 0 Å². The Kier molecular flexibility index (Phi) is 4.53. The number of ether oxygens (including phenoxy) is 2. The molecule has 1 amide bonds. The molecule has 2 aromatic carbocycles. The molecule has 0 saturated heterocycles. The van der Waals surface area contributed by atoms with Crippen molar-refractivity contribution in [1.29, 1.82) is 0 Å². The number of likely N-dealkylation sites (N-methyl/N-ethyl adjacent to an activating group) is 1. The van der Waals surface area contributed by atoms with Crippen molar-refractivity contribution in [2.45, 2.75) is 31.7 Å². The van der Waals surface area contributed by atoms with Crippen molar-refractivity contribution in [2.24, 2.45) is 0 Å². The van der Waals surface area contributed by atoms with Crippen molar-refractivity contribution in [3.63, 3.8) is 0 Å². The van der Waals surface area contributed by atoms with Gasteiger partial charge in [0.2, 0.25) is 5.91 Å². The highest BCUT2D eigenvalue weighted by Gasteiger charge is 2.52. The molecule has 0 spiro atoms. The number of amides is 1. The number of halogens is 1. The molecule has 0 bridgehead atoms. The monoisotopic (exact) mass is 371 g/mol. The molecular weight excluding hydrogens is 350 g/mol. The van der Waals surface area contributed by atoms with Crippen LogP contribution in [0, 0.1) is 0 Å². The van der Waals surface area contributed by atoms with E-state index in [0.29, 0.717) is 31.3 Å². The number of carbonyl (C=O) groups excluding carboxylic acids is 1. The molecule has 4 nitrogen and oxygen atoms in total. The fourth-order valence-corrected chi connectivity index (χ4v) is 3.82. The molecule has 5 heteroatoms. The van der Waals surface area contributed by atoms with Gasteiger partial charge in [-0.15, -0.1) is 0 Å². The molecule has 0 N–H and O–H groups in total. The maximum atomic E-state index is 13.4. The van der Waals surface area contributed by atoms with Crippen LogP contribution in [0.25, 0.3) is 0 Å². The van der Waals surface area contributed by atoms with Crippen molar-refractivity contribution < 1.29 is 14.3 Å². The van der Waals surface area contributed by atoms with Gasteiger partial charge in [0.25, 0.3) is 0 Å². The molecule has 0 aromatic heterocycles. The van der Waals surface area contributed by atoms with Gasteiger partial charge < -0.3 is 14.4 Å². The lowest BCUT2D eigenvalue weighted by molar-refractivity contribution is -0.134. The first-order valence-corrected chi connectivity index (χ1v) is 9.45. The summed E-state index contributed by atoms with van der Waals surface area (Å²) >= 11 is 6.15. The number of rotatable bonds is 5. The molecule has 2 aromatic rings. The van der Waals surface area contributed by atoms with E-state index in [1.54, 1.807) is 0 Å². The van der Waals surface area contributed by atoms with Crippen LogP contribution < -0.4 is 9.47 Å². The van der Waals surface area contributed by atoms with Crippen LogP contribution in [-0.2, 0) is 16.8 Å². The number of benzene rings is 2. The van der Waals surface area contributed by atoms with Crippen LogP contribution >= 0.6 is 11.6 Å². The zero-order valence-electron chi connectivity index (χ0n) is 14.8. The van der Waals surface area contributed by atoms with Gasteiger partial charge in [-0.2, -0.15) is 0 Å². The van der Waals surface area contributed by atoms with Crippen molar-refractivity contribution in [1.82, 2.24) is 4.90 Å². The molecule has 26 heavy (non-hydrogen) atoms. The largest absolute Gasteiger partial charge is 0.486 e. The summed E-state index contributed by atoms with van der Waals surface area (Å²) < 4.78 is 11.5. The summed E-state index contributed by atoms with van der Waals surface area (Å²) in [7, 11) is 0. The van der Waals surface area contributed by atoms with Crippen molar-refractivity contribution >= 4 is 17.5 Å². The molecular formula is C21H22ClNO3. The average Bonchev–Trinajstić information content (AvgIpc) is 3.48. The maximum absolute atomic E-state index is 13.4. The summed E-state index contributed by atoms with van der Waals surface area (Å²) in [5.41, 5.74) is 1.58. The summed E-state index contributed by atoms with van der Waals surface area (Å²) in [4.78, 5) is 15.3. The van der Waals surface area contributed by atoms with E-state index >= 15 is 0 Å². The zero-order valence-corrected chi connectivity index (χ0v) is 15.6. The minimum absolute atomic E-state index is 0.164. The topological polar surface area (TPSA) is 38.8 Å². The van der Waals surface area contributed by atoms with Crippen LogP contribution in [0.15, 0.2) is 42.5 Å². The molecule has 1 heterocycles. The second-order valence-electron chi connectivity index (χ2n) is 6.85. The minimum Gasteiger partial charge on any atom is -0.486 e. The predicted octanol–water partition coefficient (Wildman–Crippen LogP) is 4.19. The minimum atomic E-state index is -0.424. The Bertz CT molecular complexity index is 832. The summed E-state index contributed by atoms with van der Waals surface area (Å²) in [6, 6.07) is 13.5. The van der Waals surface area contributed by atoms with Crippen LogP contribution in [0.5, 0.6) is 11.5 Å². The molecule has 4 rings (SSSR count). The highest BCUT2D eigenvalue weighted by molar-refractivity contribution is 6.30. The van der Waals surface area contributed by atoms with E-state index in [1.165, 1.54) is 0 Å². The third-order valence-corrected chi connectivity index (χ3v) is 5.45. The number of nitrogens with zero attached hydrogens (tertiary/aromatic N) is 1. The van der Waals surface area contributed by atoms with Crippen LogP contribution in [-0.4, -0.2) is 30.6 Å². The molecule has 1 aliphatic heterocycles. The van der Waals surface area contributed by atoms with Crippen molar-refractivity contribution in [3.8, 4) is 11.5 Å². The summed E-state index contributed by atoms with van der Waals surface area (Å²) in [5.74, 6) is 1.68. The quantitative estimate of drug-likeness (QED) is 0.791. The van der Waals surface area contributed by atoms with E-state index in [2.05, 4.69) is 0 Å². The van der Waals surface area contributed by atoms with Gasteiger partial charge in [-0.05, 0) is 43.5 Å². The lowest BCUT2D eigenvalue weighted by Crippen LogP contribution is -2.39. The smallest absolute Gasteiger partial charge is 0.233 e. The molecule has 0 atom stereocenters. The van der Waals surface area contributed by atoms with Gasteiger partial charge in [0.05, 0.1) is 5.41 Å². The van der Waals surface area contributed by atoms with Crippen LogP contribution in [0.1, 0.15) is 30.9 Å². The highest BCUT2D eigenvalue weighted by Crippen LogP contribution is 2.50. The number of para-hydroxylation sites is 1. The van der Waals surface area contributed by atoms with Gasteiger partial charge in [-0.3, -0.25) is 4.79 Å². The van der Waals surface area contributed by atoms with Crippen molar-refractivity contribution in [2.75, 3.05) is 19.8 Å². The van der Waals surface area contributed by atoms with E-state index < -0.39 is 5.41 Å². The zero-order chi connectivity index (χ0) is 18.1. The average molecular weight is 372 g/mol. The summed E-state index contributed by atoms with van der Waals surface area (Å²) in [6.45, 7) is 4.27. The highest BCUT2D eigenvalue weighted by atomic mass is 35.5. The molecule has 0 radical (unpaired) electrons. The molecule has 1 aliphatic carbocycles. The van der Waals surface area contributed by atoms with E-state index in [4.69, 9.17) is 21.1 Å². The number of fused-ring (bicyclic) bond motifs is 1. The Morgan fingerprint density at radius 3 is 2.65 bits per heavy atom. The van der Waals surface area contributed by atoms with Crippen molar-refractivity contribution in [3.05, 3.63) is 58.6 Å². The Hall–Kier alpha value is -2.20. The maximum Gasteiger partial charge on any atom is 0.233 e. The second kappa shape index (κ2) is 6.84. The molecule has 0 unspecified atom stereocenters. The molecule has 1 fully saturated rings. The Balaban J connectivity index is 1.59. The third-order valence-electron chi connectivity index (χ3n) is 5.21. The fraction of sp³-hybridized carbons (Fsp3) is 0.381. The second-order valence-corrected chi connectivity index (χ2v) is 7.29. The van der Waals surface area contributed by atoms with E-state index in [9.17, 15) is 4.79 Å². The molecule has 1 saturated carbocycles. The Morgan fingerprint density at radius 2 is 1.92 bits per heavy atom. The number of hydrogen-bond acceptors (Lipinski definition) is 3. The Morgan fingerprint density at radius 1 is 1.15 bits per heavy atom. The van der Waals surface area contributed by atoms with Gasteiger partial charge >= 0.3 is 0 Å². The first-order chi connectivity index (χ1) is 12.6. The van der Waals surface area contributed by atoms with Crippen LogP contribution in [0.3, 0.4) is 0 Å². The van der Waals surface area contributed by atoms with Gasteiger partial charge in [0.1, 0.15) is 13.2 Å². The number of carbonyl (C=O) groups is 1. The predicted molar refractivity (Wildman–Crippen MR) is 101 cm³/mol. The van der Waals surface area contributed by atoms with Gasteiger partial charge in [-0.1, -0.05) is 35.9 Å². The van der Waals surface area contributed by atoms with E-state index in [1.807, 2.05) is 54.3 Å².